The zero-order chi connectivity index (χ0) is 17.4. The van der Waals surface area contributed by atoms with Gasteiger partial charge in [0.2, 0.25) is 5.91 Å². The van der Waals surface area contributed by atoms with E-state index in [4.69, 9.17) is 4.74 Å². The molecule has 0 radical (unpaired) electrons. The van der Waals surface area contributed by atoms with Crippen LogP contribution in [0.25, 0.3) is 0 Å². The van der Waals surface area contributed by atoms with Crippen LogP contribution in [0, 0.1) is 11.8 Å². The van der Waals surface area contributed by atoms with Crippen LogP contribution < -0.4 is 0 Å². The molecule has 25 heavy (non-hydrogen) atoms. The lowest BCUT2D eigenvalue weighted by Gasteiger charge is -2.41. The monoisotopic (exact) mass is 353 g/mol. The number of amides is 1. The van der Waals surface area contributed by atoms with Crippen molar-refractivity contribution < 1.29 is 18.3 Å². The smallest absolute Gasteiger partial charge is 0.282 e. The van der Waals surface area contributed by atoms with Gasteiger partial charge in [-0.2, -0.15) is 0 Å². The highest BCUT2D eigenvalue weighted by molar-refractivity contribution is 5.80. The van der Waals surface area contributed by atoms with Crippen molar-refractivity contribution in [3.63, 3.8) is 0 Å². The minimum atomic E-state index is -2.71. The Labute approximate surface area is 146 Å². The first-order valence-corrected chi connectivity index (χ1v) is 9.11. The van der Waals surface area contributed by atoms with Gasteiger partial charge in [0, 0.05) is 51.3 Å². The number of carbonyl (C=O) groups excluding carboxylic acids is 1. The lowest BCUT2D eigenvalue weighted by atomic mass is 9.98. The Bertz CT molecular complexity index is 620. The zero-order valence-electron chi connectivity index (χ0n) is 14.4. The van der Waals surface area contributed by atoms with Gasteiger partial charge in [-0.3, -0.25) is 9.69 Å². The van der Waals surface area contributed by atoms with Gasteiger partial charge in [0.25, 0.3) is 5.92 Å². The summed E-state index contributed by atoms with van der Waals surface area (Å²) in [5, 5.41) is 0. The Morgan fingerprint density at radius 3 is 2.72 bits per heavy atom. The SMILES string of the molecule is O=C(C1CN(CC2CCOCC2)Cc2cccn2C1)N1CC(F)(F)C1. The zero-order valence-corrected chi connectivity index (χ0v) is 14.4. The van der Waals surface area contributed by atoms with Crippen LogP contribution in [0.5, 0.6) is 0 Å². The summed E-state index contributed by atoms with van der Waals surface area (Å²) < 4.78 is 33.8. The second-order valence-corrected chi connectivity index (χ2v) is 7.65. The molecule has 1 unspecified atom stereocenters. The van der Waals surface area contributed by atoms with E-state index in [1.54, 1.807) is 0 Å². The second-order valence-electron chi connectivity index (χ2n) is 7.65. The van der Waals surface area contributed by atoms with Gasteiger partial charge in [-0.15, -0.1) is 0 Å². The van der Waals surface area contributed by atoms with Crippen molar-refractivity contribution >= 4 is 5.91 Å². The number of hydrogen-bond donors (Lipinski definition) is 0. The first-order chi connectivity index (χ1) is 12.0. The molecule has 1 aromatic rings. The normalized spacial score (nSPS) is 27.4. The summed E-state index contributed by atoms with van der Waals surface area (Å²) in [6.07, 6.45) is 4.08. The molecule has 0 bridgehead atoms. The third-order valence-corrected chi connectivity index (χ3v) is 5.57. The van der Waals surface area contributed by atoms with Gasteiger partial charge >= 0.3 is 0 Å². The van der Waals surface area contributed by atoms with Crippen LogP contribution in [-0.2, 0) is 22.6 Å². The molecule has 7 heteroatoms. The van der Waals surface area contributed by atoms with E-state index in [1.807, 2.05) is 12.3 Å². The van der Waals surface area contributed by atoms with Gasteiger partial charge in [0.15, 0.2) is 0 Å². The molecule has 2 saturated heterocycles. The van der Waals surface area contributed by atoms with Gasteiger partial charge in [-0.25, -0.2) is 8.78 Å². The summed E-state index contributed by atoms with van der Waals surface area (Å²) in [6, 6.07) is 4.08. The van der Waals surface area contributed by atoms with Crippen LogP contribution >= 0.6 is 0 Å². The highest BCUT2D eigenvalue weighted by atomic mass is 19.3. The lowest BCUT2D eigenvalue weighted by Crippen LogP contribution is -2.60. The van der Waals surface area contributed by atoms with E-state index in [9.17, 15) is 13.6 Å². The summed E-state index contributed by atoms with van der Waals surface area (Å²) >= 11 is 0. The van der Waals surface area contributed by atoms with Crippen LogP contribution in [0.2, 0.25) is 0 Å². The van der Waals surface area contributed by atoms with Crippen molar-refractivity contribution in [2.45, 2.75) is 31.9 Å². The number of fused-ring (bicyclic) bond motifs is 1. The molecule has 0 saturated carbocycles. The highest BCUT2D eigenvalue weighted by Crippen LogP contribution is 2.30. The Balaban J connectivity index is 1.46. The molecule has 3 aliphatic rings. The molecule has 5 nitrogen and oxygen atoms in total. The third kappa shape index (κ3) is 3.72. The van der Waals surface area contributed by atoms with E-state index < -0.39 is 19.0 Å². The van der Waals surface area contributed by atoms with E-state index in [0.717, 1.165) is 39.1 Å². The summed E-state index contributed by atoms with van der Waals surface area (Å²) in [6.45, 7) is 3.72. The topological polar surface area (TPSA) is 37.7 Å². The maximum Gasteiger partial charge on any atom is 0.282 e. The van der Waals surface area contributed by atoms with Gasteiger partial charge in [-0.05, 0) is 30.9 Å². The number of nitrogens with zero attached hydrogens (tertiary/aromatic N) is 3. The molecular formula is C18H25F2N3O2. The van der Waals surface area contributed by atoms with E-state index >= 15 is 0 Å². The summed E-state index contributed by atoms with van der Waals surface area (Å²) in [5.41, 5.74) is 1.19. The average molecular weight is 353 g/mol. The molecular weight excluding hydrogens is 328 g/mol. The Kier molecular flexibility index (Phi) is 4.54. The van der Waals surface area contributed by atoms with Crippen molar-refractivity contribution in [2.24, 2.45) is 11.8 Å². The number of rotatable bonds is 3. The minimum Gasteiger partial charge on any atom is -0.381 e. The van der Waals surface area contributed by atoms with Crippen molar-refractivity contribution in [3.05, 3.63) is 24.0 Å². The summed E-state index contributed by atoms with van der Waals surface area (Å²) in [4.78, 5) is 16.4. The van der Waals surface area contributed by atoms with Crippen molar-refractivity contribution in [1.29, 1.82) is 0 Å². The standard InChI is InChI=1S/C18H25F2N3O2/c19-18(20)12-23(13-18)17(24)15-9-21(8-14-3-6-25-7-4-14)11-16-2-1-5-22(16)10-15/h1-2,5,14-15H,3-4,6-13H2. The van der Waals surface area contributed by atoms with Crippen LogP contribution in [0.3, 0.4) is 0 Å². The number of alkyl halides is 2. The fourth-order valence-corrected chi connectivity index (χ4v) is 4.19. The van der Waals surface area contributed by atoms with Crippen molar-refractivity contribution in [1.82, 2.24) is 14.4 Å². The molecule has 0 aromatic carbocycles. The van der Waals surface area contributed by atoms with Gasteiger partial charge in [0.05, 0.1) is 19.0 Å². The first kappa shape index (κ1) is 17.0. The summed E-state index contributed by atoms with van der Waals surface area (Å²) in [5.74, 6) is -2.52. The van der Waals surface area contributed by atoms with Crippen LogP contribution in [-0.4, -0.2) is 65.6 Å². The predicted molar refractivity (Wildman–Crippen MR) is 88.3 cm³/mol. The third-order valence-electron chi connectivity index (χ3n) is 5.57. The molecule has 0 spiro atoms. The molecule has 2 fully saturated rings. The number of ether oxygens (including phenoxy) is 1. The van der Waals surface area contributed by atoms with E-state index in [-0.39, 0.29) is 11.8 Å². The maximum absolute atomic E-state index is 13.1. The number of hydrogen-bond acceptors (Lipinski definition) is 3. The fourth-order valence-electron chi connectivity index (χ4n) is 4.19. The van der Waals surface area contributed by atoms with Crippen molar-refractivity contribution in [2.75, 3.05) is 39.4 Å². The number of likely N-dealkylation sites (tertiary alicyclic amines) is 1. The molecule has 0 aliphatic carbocycles. The number of carbonyl (C=O) groups is 1. The second kappa shape index (κ2) is 6.68. The average Bonchev–Trinajstić information content (AvgIpc) is 2.91. The highest BCUT2D eigenvalue weighted by Gasteiger charge is 2.48. The van der Waals surface area contributed by atoms with Crippen LogP contribution in [0.15, 0.2) is 18.3 Å². The molecule has 1 atom stereocenters. The first-order valence-electron chi connectivity index (χ1n) is 9.11. The number of aromatic nitrogens is 1. The minimum absolute atomic E-state index is 0.135. The molecule has 1 aromatic heterocycles. The molecule has 1 amide bonds. The van der Waals surface area contributed by atoms with Crippen LogP contribution in [0.1, 0.15) is 18.5 Å². The largest absolute Gasteiger partial charge is 0.381 e. The van der Waals surface area contributed by atoms with Crippen molar-refractivity contribution in [3.8, 4) is 0 Å². The van der Waals surface area contributed by atoms with Crippen LogP contribution in [0.4, 0.5) is 8.78 Å². The molecule has 0 N–H and O–H groups in total. The Morgan fingerprint density at radius 1 is 1.24 bits per heavy atom. The van der Waals surface area contributed by atoms with Gasteiger partial charge in [0.1, 0.15) is 0 Å². The maximum atomic E-state index is 13.1. The predicted octanol–water partition coefficient (Wildman–Crippen LogP) is 1.82. The Hall–Kier alpha value is -1.47. The molecule has 3 aliphatic heterocycles. The fraction of sp³-hybridized carbons (Fsp3) is 0.722. The van der Waals surface area contributed by atoms with E-state index in [0.29, 0.717) is 19.0 Å². The van der Waals surface area contributed by atoms with E-state index in [1.165, 1.54) is 10.6 Å². The number of halogens is 2. The molecule has 138 valence electrons. The van der Waals surface area contributed by atoms with Gasteiger partial charge < -0.3 is 14.2 Å². The lowest BCUT2D eigenvalue weighted by molar-refractivity contribution is -0.170. The quantitative estimate of drug-likeness (QED) is 0.832. The molecule has 4 heterocycles. The van der Waals surface area contributed by atoms with E-state index in [2.05, 4.69) is 15.5 Å². The Morgan fingerprint density at radius 2 is 2.00 bits per heavy atom. The summed E-state index contributed by atoms with van der Waals surface area (Å²) in [7, 11) is 0. The molecule has 4 rings (SSSR count). The van der Waals surface area contributed by atoms with Gasteiger partial charge in [-0.1, -0.05) is 0 Å².